The molecule has 1 aliphatic rings. The lowest BCUT2D eigenvalue weighted by Gasteiger charge is -2.26. The number of carbonyl (C=O) groups excluding carboxylic acids is 1. The number of hydrogen-bond donors (Lipinski definition) is 1. The summed E-state index contributed by atoms with van der Waals surface area (Å²) in [4.78, 5) is 19.4. The van der Waals surface area contributed by atoms with Gasteiger partial charge in [0, 0.05) is 40.1 Å². The van der Waals surface area contributed by atoms with Crippen LogP contribution in [0.4, 0.5) is 0 Å². The highest BCUT2D eigenvalue weighted by Gasteiger charge is 2.42. The highest BCUT2D eigenvalue weighted by Crippen LogP contribution is 2.43. The van der Waals surface area contributed by atoms with Gasteiger partial charge in [0.2, 0.25) is 0 Å². The van der Waals surface area contributed by atoms with Crippen LogP contribution in [0.1, 0.15) is 33.2 Å². The molecule has 2 aromatic heterocycles. The van der Waals surface area contributed by atoms with Gasteiger partial charge in [0.05, 0.1) is 11.7 Å². The van der Waals surface area contributed by atoms with Crippen LogP contribution in [0.3, 0.4) is 0 Å². The maximum Gasteiger partial charge on any atom is 0.273 e. The number of rotatable bonds is 4. The Labute approximate surface area is 183 Å². The van der Waals surface area contributed by atoms with Crippen molar-refractivity contribution in [1.29, 1.82) is 0 Å². The molecule has 0 bridgehead atoms. The minimum atomic E-state index is -0.297. The van der Waals surface area contributed by atoms with Crippen LogP contribution in [0.15, 0.2) is 73.1 Å². The summed E-state index contributed by atoms with van der Waals surface area (Å²) in [7, 11) is 0. The van der Waals surface area contributed by atoms with E-state index in [4.69, 9.17) is 23.2 Å². The monoisotopic (exact) mass is 434 g/mol. The highest BCUT2D eigenvalue weighted by atomic mass is 35.5. The van der Waals surface area contributed by atoms with Crippen molar-refractivity contribution in [3.8, 4) is 11.3 Å². The fraction of sp³-hybridized carbons (Fsp3) is 0.0870. The number of H-pyrrole nitrogens is 1. The number of aromatic amines is 1. The SMILES string of the molecule is O=C1c2[nH]nc(-c3ccc(Cl)cc3)c2C(c2ccc(Cl)cc2)N1Cc1cccnc1. The van der Waals surface area contributed by atoms with E-state index >= 15 is 0 Å². The van der Waals surface area contributed by atoms with Gasteiger partial charge in [-0.3, -0.25) is 14.9 Å². The molecule has 0 radical (unpaired) electrons. The first-order valence-electron chi connectivity index (χ1n) is 9.41. The van der Waals surface area contributed by atoms with Gasteiger partial charge in [-0.1, -0.05) is 53.5 Å². The van der Waals surface area contributed by atoms with E-state index < -0.39 is 0 Å². The van der Waals surface area contributed by atoms with Crippen LogP contribution < -0.4 is 0 Å². The van der Waals surface area contributed by atoms with Crippen LogP contribution in [-0.2, 0) is 6.54 Å². The molecule has 0 saturated carbocycles. The fourth-order valence-electron chi connectivity index (χ4n) is 3.87. The third-order valence-electron chi connectivity index (χ3n) is 5.24. The van der Waals surface area contributed by atoms with Gasteiger partial charge in [-0.15, -0.1) is 0 Å². The molecule has 1 atom stereocenters. The summed E-state index contributed by atoms with van der Waals surface area (Å²) >= 11 is 12.2. The molecule has 0 saturated heterocycles. The first-order valence-corrected chi connectivity index (χ1v) is 10.2. The maximum atomic E-state index is 13.3. The zero-order chi connectivity index (χ0) is 20.7. The molecule has 0 spiro atoms. The Morgan fingerprint density at radius 1 is 0.967 bits per heavy atom. The van der Waals surface area contributed by atoms with E-state index in [0.29, 0.717) is 22.3 Å². The van der Waals surface area contributed by atoms with Gasteiger partial charge in [0.15, 0.2) is 0 Å². The molecule has 4 aromatic rings. The van der Waals surface area contributed by atoms with Gasteiger partial charge < -0.3 is 4.90 Å². The van der Waals surface area contributed by atoms with Crippen molar-refractivity contribution in [3.05, 3.63) is 105 Å². The minimum absolute atomic E-state index is 0.0958. The molecular formula is C23H16Cl2N4O. The Morgan fingerprint density at radius 2 is 1.67 bits per heavy atom. The van der Waals surface area contributed by atoms with Gasteiger partial charge >= 0.3 is 0 Å². The summed E-state index contributed by atoms with van der Waals surface area (Å²) in [6.07, 6.45) is 3.49. The van der Waals surface area contributed by atoms with Crippen LogP contribution in [0.5, 0.6) is 0 Å². The Kier molecular flexibility index (Phi) is 4.77. The number of halogens is 2. The molecule has 148 valence electrons. The van der Waals surface area contributed by atoms with E-state index in [-0.39, 0.29) is 11.9 Å². The van der Waals surface area contributed by atoms with Crippen molar-refractivity contribution in [1.82, 2.24) is 20.1 Å². The average Bonchev–Trinajstić information content (AvgIpc) is 3.30. The average molecular weight is 435 g/mol. The molecule has 1 N–H and O–H groups in total. The highest BCUT2D eigenvalue weighted by molar-refractivity contribution is 6.30. The number of amides is 1. The van der Waals surface area contributed by atoms with Crippen LogP contribution in [0.25, 0.3) is 11.3 Å². The van der Waals surface area contributed by atoms with E-state index in [1.165, 1.54) is 0 Å². The predicted octanol–water partition coefficient (Wildman–Crippen LogP) is 5.52. The largest absolute Gasteiger partial charge is 0.322 e. The van der Waals surface area contributed by atoms with Crippen molar-refractivity contribution in [2.45, 2.75) is 12.6 Å². The standard InChI is InChI=1S/C23H16Cl2N4O/c24-17-7-3-15(4-8-17)20-19-21(28-27-20)23(30)29(13-14-2-1-11-26-12-14)22(19)16-5-9-18(25)10-6-16/h1-12,22H,13H2,(H,27,28). The Balaban J connectivity index is 1.64. The van der Waals surface area contributed by atoms with E-state index in [1.807, 2.05) is 65.6 Å². The number of nitrogens with zero attached hydrogens (tertiary/aromatic N) is 3. The van der Waals surface area contributed by atoms with Crippen molar-refractivity contribution in [2.24, 2.45) is 0 Å². The van der Waals surface area contributed by atoms with Crippen molar-refractivity contribution in [2.75, 3.05) is 0 Å². The molecule has 5 rings (SSSR count). The molecule has 1 amide bonds. The summed E-state index contributed by atoms with van der Waals surface area (Å²) in [5, 5.41) is 8.72. The number of aromatic nitrogens is 3. The summed E-state index contributed by atoms with van der Waals surface area (Å²) in [5.41, 5.74) is 4.91. The zero-order valence-electron chi connectivity index (χ0n) is 15.7. The lowest BCUT2D eigenvalue weighted by atomic mass is 9.96. The number of nitrogens with one attached hydrogen (secondary N) is 1. The van der Waals surface area contributed by atoms with E-state index in [2.05, 4.69) is 15.2 Å². The Bertz CT molecular complexity index is 1200. The number of hydrogen-bond acceptors (Lipinski definition) is 3. The minimum Gasteiger partial charge on any atom is -0.322 e. The van der Waals surface area contributed by atoms with E-state index in [9.17, 15) is 4.79 Å². The topological polar surface area (TPSA) is 61.9 Å². The number of fused-ring (bicyclic) bond motifs is 1. The molecule has 30 heavy (non-hydrogen) atoms. The van der Waals surface area contributed by atoms with Gasteiger partial charge in [0.25, 0.3) is 5.91 Å². The number of pyridine rings is 1. The summed E-state index contributed by atoms with van der Waals surface area (Å²) in [6, 6.07) is 18.6. The molecule has 2 aromatic carbocycles. The first kappa shape index (κ1) is 18.9. The maximum absolute atomic E-state index is 13.3. The second-order valence-electron chi connectivity index (χ2n) is 7.12. The van der Waals surface area contributed by atoms with Crippen molar-refractivity contribution < 1.29 is 4.79 Å². The lowest BCUT2D eigenvalue weighted by molar-refractivity contribution is 0.0730. The van der Waals surface area contributed by atoms with Gasteiger partial charge in [0.1, 0.15) is 5.69 Å². The molecule has 5 nitrogen and oxygen atoms in total. The molecule has 7 heteroatoms. The summed E-state index contributed by atoms with van der Waals surface area (Å²) in [5.74, 6) is -0.0958. The lowest BCUT2D eigenvalue weighted by Crippen LogP contribution is -2.29. The molecule has 3 heterocycles. The van der Waals surface area contributed by atoms with E-state index in [1.54, 1.807) is 12.4 Å². The molecule has 1 aliphatic heterocycles. The Hall–Kier alpha value is -3.15. The summed E-state index contributed by atoms with van der Waals surface area (Å²) < 4.78 is 0. The van der Waals surface area contributed by atoms with Gasteiger partial charge in [-0.2, -0.15) is 5.10 Å². The van der Waals surface area contributed by atoms with Crippen molar-refractivity contribution in [3.63, 3.8) is 0 Å². The second-order valence-corrected chi connectivity index (χ2v) is 7.99. The van der Waals surface area contributed by atoms with Crippen LogP contribution >= 0.6 is 23.2 Å². The molecular weight excluding hydrogens is 419 g/mol. The second kappa shape index (κ2) is 7.59. The normalized spacial score (nSPS) is 15.5. The van der Waals surface area contributed by atoms with Crippen LogP contribution in [-0.4, -0.2) is 26.0 Å². The third kappa shape index (κ3) is 3.26. The third-order valence-corrected chi connectivity index (χ3v) is 5.75. The van der Waals surface area contributed by atoms with Gasteiger partial charge in [-0.25, -0.2) is 0 Å². The zero-order valence-corrected chi connectivity index (χ0v) is 17.2. The molecule has 0 aliphatic carbocycles. The van der Waals surface area contributed by atoms with Crippen molar-refractivity contribution >= 4 is 29.1 Å². The van der Waals surface area contributed by atoms with Crippen LogP contribution in [0.2, 0.25) is 10.0 Å². The number of carbonyl (C=O) groups is 1. The Morgan fingerprint density at radius 3 is 2.33 bits per heavy atom. The first-order chi connectivity index (χ1) is 14.6. The smallest absolute Gasteiger partial charge is 0.273 e. The number of benzene rings is 2. The fourth-order valence-corrected chi connectivity index (χ4v) is 4.12. The van der Waals surface area contributed by atoms with Gasteiger partial charge in [-0.05, 0) is 41.5 Å². The molecule has 0 fully saturated rings. The summed E-state index contributed by atoms with van der Waals surface area (Å²) in [6.45, 7) is 0.433. The van der Waals surface area contributed by atoms with E-state index in [0.717, 1.165) is 27.9 Å². The molecule has 1 unspecified atom stereocenters. The quantitative estimate of drug-likeness (QED) is 0.459. The van der Waals surface area contributed by atoms with Crippen LogP contribution in [0, 0.1) is 0 Å². The predicted molar refractivity (Wildman–Crippen MR) is 116 cm³/mol.